The highest BCUT2D eigenvalue weighted by Crippen LogP contribution is 2.40. The predicted molar refractivity (Wildman–Crippen MR) is 85.7 cm³/mol. The summed E-state index contributed by atoms with van der Waals surface area (Å²) in [6.45, 7) is 1.84. The summed E-state index contributed by atoms with van der Waals surface area (Å²) in [6, 6.07) is 0.814. The summed E-state index contributed by atoms with van der Waals surface area (Å²) in [5.41, 5.74) is 0.0806. The summed E-state index contributed by atoms with van der Waals surface area (Å²) >= 11 is 1.26. The maximum Gasteiger partial charge on any atom is 0.352 e. The minimum atomic E-state index is -1.30. The number of esters is 1. The van der Waals surface area contributed by atoms with E-state index in [1.54, 1.807) is 13.0 Å². The van der Waals surface area contributed by atoms with Crippen molar-refractivity contribution in [1.29, 1.82) is 5.26 Å². The molecule has 2 atom stereocenters. The molecule has 2 rings (SSSR count). The molecule has 10 heteroatoms. The van der Waals surface area contributed by atoms with Gasteiger partial charge in [-0.3, -0.25) is 14.5 Å². The van der Waals surface area contributed by atoms with E-state index in [0.717, 1.165) is 11.0 Å². The quantitative estimate of drug-likeness (QED) is 0.374. The van der Waals surface area contributed by atoms with Crippen LogP contribution in [0.2, 0.25) is 0 Å². The number of nitriles is 1. The fourth-order valence-electron chi connectivity index (χ4n) is 2.43. The Labute approximate surface area is 147 Å². The fourth-order valence-corrected chi connectivity index (χ4v) is 3.74. The Morgan fingerprint density at radius 1 is 1.52 bits per heavy atom. The lowest BCUT2D eigenvalue weighted by Gasteiger charge is -2.49. The van der Waals surface area contributed by atoms with Gasteiger partial charge < -0.3 is 15.2 Å². The van der Waals surface area contributed by atoms with Gasteiger partial charge in [-0.25, -0.2) is 9.59 Å². The molecule has 0 aromatic heterocycles. The first kappa shape index (κ1) is 18.5. The molecule has 132 valence electrons. The van der Waals surface area contributed by atoms with Gasteiger partial charge in [-0.15, -0.1) is 11.8 Å². The number of ether oxygens (including phenoxy) is 1. The summed E-state index contributed by atoms with van der Waals surface area (Å²) in [7, 11) is 0. The van der Waals surface area contributed by atoms with E-state index in [9.17, 15) is 24.3 Å². The Kier molecular flexibility index (Phi) is 5.82. The van der Waals surface area contributed by atoms with Crippen molar-refractivity contribution in [3.8, 4) is 6.07 Å². The number of aliphatic carboxylic acids is 1. The zero-order valence-electron chi connectivity index (χ0n) is 13.2. The topological polar surface area (TPSA) is 137 Å². The van der Waals surface area contributed by atoms with E-state index in [1.165, 1.54) is 17.8 Å². The number of thioether (sulfide) groups is 1. The minimum Gasteiger partial charge on any atom is -0.477 e. The third-order valence-corrected chi connectivity index (χ3v) is 4.77. The molecule has 1 saturated heterocycles. The van der Waals surface area contributed by atoms with Crippen LogP contribution in [-0.4, -0.2) is 57.5 Å². The molecule has 0 bridgehead atoms. The van der Waals surface area contributed by atoms with E-state index in [1.807, 2.05) is 0 Å². The van der Waals surface area contributed by atoms with Crippen molar-refractivity contribution in [1.82, 2.24) is 10.2 Å². The van der Waals surface area contributed by atoms with Crippen molar-refractivity contribution >= 4 is 35.5 Å². The molecule has 1 fully saturated rings. The largest absolute Gasteiger partial charge is 0.477 e. The van der Waals surface area contributed by atoms with Gasteiger partial charge in [-0.05, 0) is 18.6 Å². The number of nitrogens with one attached hydrogen (secondary N) is 1. The SMILES string of the molecule is CCOC(=O)C=CC1=C(C(=O)O)N2C(=O)C(NC(=O)CC#N)[C@H]2SC1. The van der Waals surface area contributed by atoms with Gasteiger partial charge in [-0.1, -0.05) is 0 Å². The normalized spacial score (nSPS) is 22.1. The number of rotatable bonds is 6. The van der Waals surface area contributed by atoms with Gasteiger partial charge in [0.1, 0.15) is 23.5 Å². The van der Waals surface area contributed by atoms with Crippen LogP contribution in [0, 0.1) is 11.3 Å². The number of hydrogen-bond acceptors (Lipinski definition) is 7. The van der Waals surface area contributed by atoms with E-state index >= 15 is 0 Å². The second kappa shape index (κ2) is 7.85. The van der Waals surface area contributed by atoms with E-state index in [-0.39, 0.29) is 24.5 Å². The maximum absolute atomic E-state index is 12.2. The van der Waals surface area contributed by atoms with Crippen LogP contribution >= 0.6 is 11.8 Å². The average molecular weight is 365 g/mol. The first-order valence-electron chi connectivity index (χ1n) is 7.33. The Morgan fingerprint density at radius 3 is 2.84 bits per heavy atom. The van der Waals surface area contributed by atoms with Crippen molar-refractivity contribution in [2.75, 3.05) is 12.4 Å². The van der Waals surface area contributed by atoms with E-state index in [0.29, 0.717) is 5.57 Å². The summed E-state index contributed by atoms with van der Waals surface area (Å²) in [4.78, 5) is 47.7. The second-order valence-electron chi connectivity index (χ2n) is 5.05. The van der Waals surface area contributed by atoms with Crippen molar-refractivity contribution in [3.63, 3.8) is 0 Å². The summed E-state index contributed by atoms with van der Waals surface area (Å²) in [5.74, 6) is -2.82. The van der Waals surface area contributed by atoms with Crippen LogP contribution in [0.4, 0.5) is 0 Å². The lowest BCUT2D eigenvalue weighted by atomic mass is 10.0. The van der Waals surface area contributed by atoms with Gasteiger partial charge in [0.25, 0.3) is 5.91 Å². The van der Waals surface area contributed by atoms with Gasteiger partial charge in [0.2, 0.25) is 5.91 Å². The molecule has 0 saturated carbocycles. The molecule has 9 nitrogen and oxygen atoms in total. The molecular formula is C15H15N3O6S. The van der Waals surface area contributed by atoms with Gasteiger partial charge in [0.05, 0.1) is 12.7 Å². The van der Waals surface area contributed by atoms with Crippen molar-refractivity contribution in [2.45, 2.75) is 24.8 Å². The van der Waals surface area contributed by atoms with Gasteiger partial charge in [0, 0.05) is 11.8 Å². The molecule has 0 aromatic carbocycles. The monoisotopic (exact) mass is 365 g/mol. The minimum absolute atomic E-state index is 0.194. The van der Waals surface area contributed by atoms with Crippen LogP contribution in [0.15, 0.2) is 23.4 Å². The lowest BCUT2D eigenvalue weighted by Crippen LogP contribution is -2.70. The molecular weight excluding hydrogens is 350 g/mol. The highest BCUT2D eigenvalue weighted by Gasteiger charge is 2.53. The number of hydrogen-bond donors (Lipinski definition) is 2. The molecule has 0 radical (unpaired) electrons. The molecule has 2 heterocycles. The zero-order valence-corrected chi connectivity index (χ0v) is 14.0. The Bertz CT molecular complexity index is 723. The lowest BCUT2D eigenvalue weighted by molar-refractivity contribution is -0.150. The summed E-state index contributed by atoms with van der Waals surface area (Å²) in [5, 5.41) is 19.8. The van der Waals surface area contributed by atoms with Crippen LogP contribution < -0.4 is 5.32 Å². The molecule has 1 unspecified atom stereocenters. The predicted octanol–water partition coefficient (Wildman–Crippen LogP) is -0.242. The van der Waals surface area contributed by atoms with Gasteiger partial charge in [-0.2, -0.15) is 5.26 Å². The first-order chi connectivity index (χ1) is 11.9. The van der Waals surface area contributed by atoms with E-state index in [2.05, 4.69) is 5.32 Å². The van der Waals surface area contributed by atoms with Crippen molar-refractivity contribution in [2.24, 2.45) is 0 Å². The van der Waals surface area contributed by atoms with Crippen LogP contribution in [0.1, 0.15) is 13.3 Å². The van der Waals surface area contributed by atoms with Crippen LogP contribution in [0.3, 0.4) is 0 Å². The van der Waals surface area contributed by atoms with Crippen LogP contribution in [0.5, 0.6) is 0 Å². The molecule has 2 aliphatic rings. The van der Waals surface area contributed by atoms with Crippen molar-refractivity contribution < 1.29 is 29.0 Å². The molecule has 2 N–H and O–H groups in total. The number of carboxylic acid groups (broad SMARTS) is 1. The summed E-state index contributed by atoms with van der Waals surface area (Å²) < 4.78 is 4.74. The molecule has 2 aliphatic heterocycles. The number of nitrogens with zero attached hydrogens (tertiary/aromatic N) is 2. The fraction of sp³-hybridized carbons (Fsp3) is 0.400. The number of fused-ring (bicyclic) bond motifs is 1. The molecule has 0 aliphatic carbocycles. The molecule has 2 amide bonds. The Morgan fingerprint density at radius 2 is 2.24 bits per heavy atom. The van der Waals surface area contributed by atoms with Crippen LogP contribution in [-0.2, 0) is 23.9 Å². The van der Waals surface area contributed by atoms with Crippen molar-refractivity contribution in [3.05, 3.63) is 23.4 Å². The van der Waals surface area contributed by atoms with Gasteiger partial charge in [0.15, 0.2) is 0 Å². The number of β-lactam (4-membered cyclic amide) rings is 1. The smallest absolute Gasteiger partial charge is 0.352 e. The maximum atomic E-state index is 12.2. The first-order valence-corrected chi connectivity index (χ1v) is 8.37. The highest BCUT2D eigenvalue weighted by molar-refractivity contribution is 8.00. The number of carbonyl (C=O) groups is 4. The van der Waals surface area contributed by atoms with Gasteiger partial charge >= 0.3 is 11.9 Å². The summed E-state index contributed by atoms with van der Waals surface area (Å²) in [6.07, 6.45) is 2.05. The average Bonchev–Trinajstić information content (AvgIpc) is 2.57. The number of carboxylic acids is 1. The Hall–Kier alpha value is -2.80. The molecule has 25 heavy (non-hydrogen) atoms. The Balaban J connectivity index is 2.19. The van der Waals surface area contributed by atoms with E-state index < -0.39 is 35.2 Å². The third kappa shape index (κ3) is 3.83. The number of amides is 2. The standard InChI is InChI=1S/C15H15N3O6S/c1-2-24-10(20)4-3-8-7-25-14-11(17-9(19)5-6-16)13(21)18(14)12(8)15(22)23/h3-4,11,14H,2,5,7H2,1H3,(H,17,19)(H,22,23)/t11?,14-/m1/s1. The zero-order chi connectivity index (χ0) is 18.6. The third-order valence-electron chi connectivity index (χ3n) is 3.46. The second-order valence-corrected chi connectivity index (χ2v) is 6.16. The highest BCUT2D eigenvalue weighted by atomic mass is 32.2. The van der Waals surface area contributed by atoms with Crippen LogP contribution in [0.25, 0.3) is 0 Å². The molecule has 0 aromatic rings. The van der Waals surface area contributed by atoms with E-state index in [4.69, 9.17) is 10.00 Å². The molecule has 0 spiro atoms. The number of allylic oxidation sites excluding steroid dienone is 1. The number of carbonyl (C=O) groups excluding carboxylic acids is 3.